The van der Waals surface area contributed by atoms with Crippen LogP contribution in [-0.2, 0) is 14.3 Å². The number of hydrogen-bond acceptors (Lipinski definition) is 4. The van der Waals surface area contributed by atoms with Crippen molar-refractivity contribution < 1.29 is 14.3 Å². The standard InChI is InChI=1S/C20H39N3O3/c1-3-5-7-9-13-22(14-10-8-6-4-2)20(25)18-26-17-19(24)21-23-15-11-12-16-23/h3-18H2,1-2H3,(H,21,24). The monoisotopic (exact) mass is 369 g/mol. The van der Waals surface area contributed by atoms with Crippen molar-refractivity contribution in [3.8, 4) is 0 Å². The smallest absolute Gasteiger partial charge is 0.260 e. The Morgan fingerprint density at radius 3 is 2.00 bits per heavy atom. The van der Waals surface area contributed by atoms with E-state index in [9.17, 15) is 9.59 Å². The van der Waals surface area contributed by atoms with E-state index in [4.69, 9.17) is 4.74 Å². The van der Waals surface area contributed by atoms with E-state index in [1.807, 2.05) is 9.91 Å². The Bertz CT molecular complexity index is 372. The molecule has 1 fully saturated rings. The summed E-state index contributed by atoms with van der Waals surface area (Å²) < 4.78 is 5.37. The molecule has 0 aromatic heterocycles. The van der Waals surface area contributed by atoms with Gasteiger partial charge in [-0.3, -0.25) is 15.0 Å². The molecule has 0 saturated carbocycles. The van der Waals surface area contributed by atoms with Crippen molar-refractivity contribution in [1.82, 2.24) is 15.3 Å². The summed E-state index contributed by atoms with van der Waals surface area (Å²) >= 11 is 0. The molecule has 0 aromatic carbocycles. The number of nitrogens with one attached hydrogen (secondary N) is 1. The van der Waals surface area contributed by atoms with Gasteiger partial charge in [-0.25, -0.2) is 5.01 Å². The number of hydrazine groups is 1. The van der Waals surface area contributed by atoms with Gasteiger partial charge in [-0.1, -0.05) is 52.4 Å². The van der Waals surface area contributed by atoms with Crippen molar-refractivity contribution in [2.45, 2.75) is 78.1 Å². The number of hydrogen-bond donors (Lipinski definition) is 1. The van der Waals surface area contributed by atoms with Crippen LogP contribution in [0.2, 0.25) is 0 Å². The normalized spacial score (nSPS) is 14.5. The van der Waals surface area contributed by atoms with Gasteiger partial charge in [0.25, 0.3) is 5.91 Å². The van der Waals surface area contributed by atoms with Crippen molar-refractivity contribution >= 4 is 11.8 Å². The molecule has 0 unspecified atom stereocenters. The molecule has 26 heavy (non-hydrogen) atoms. The number of amides is 2. The van der Waals surface area contributed by atoms with Crippen LogP contribution in [0.1, 0.15) is 78.1 Å². The molecule has 0 spiro atoms. The zero-order valence-electron chi connectivity index (χ0n) is 16.9. The van der Waals surface area contributed by atoms with Gasteiger partial charge in [-0.15, -0.1) is 0 Å². The minimum absolute atomic E-state index is 0.00498. The molecule has 0 bridgehead atoms. The van der Waals surface area contributed by atoms with Gasteiger partial charge in [0.15, 0.2) is 0 Å². The van der Waals surface area contributed by atoms with Crippen LogP contribution in [-0.4, -0.2) is 61.1 Å². The van der Waals surface area contributed by atoms with Crippen molar-refractivity contribution in [3.63, 3.8) is 0 Å². The molecule has 0 aliphatic carbocycles. The van der Waals surface area contributed by atoms with Gasteiger partial charge < -0.3 is 9.64 Å². The lowest BCUT2D eigenvalue weighted by atomic mass is 10.1. The molecule has 0 atom stereocenters. The predicted octanol–water partition coefficient (Wildman–Crippen LogP) is 3.12. The summed E-state index contributed by atoms with van der Waals surface area (Å²) in [4.78, 5) is 26.2. The molecule has 1 rings (SSSR count). The number of carbonyl (C=O) groups is 2. The highest BCUT2D eigenvalue weighted by atomic mass is 16.5. The Morgan fingerprint density at radius 2 is 1.46 bits per heavy atom. The van der Waals surface area contributed by atoms with Crippen LogP contribution >= 0.6 is 0 Å². The zero-order chi connectivity index (χ0) is 19.0. The second-order valence-electron chi connectivity index (χ2n) is 7.22. The summed E-state index contributed by atoms with van der Waals surface area (Å²) in [6.45, 7) is 7.71. The topological polar surface area (TPSA) is 61.9 Å². The molecule has 6 heteroatoms. The van der Waals surface area contributed by atoms with E-state index in [1.54, 1.807) is 0 Å². The molecular formula is C20H39N3O3. The molecule has 0 radical (unpaired) electrons. The van der Waals surface area contributed by atoms with E-state index in [1.165, 1.54) is 25.7 Å². The fourth-order valence-corrected chi connectivity index (χ4v) is 3.18. The Balaban J connectivity index is 2.25. The lowest BCUT2D eigenvalue weighted by Gasteiger charge is -2.23. The quantitative estimate of drug-likeness (QED) is 0.451. The van der Waals surface area contributed by atoms with Crippen LogP contribution in [0.3, 0.4) is 0 Å². The van der Waals surface area contributed by atoms with Gasteiger partial charge in [0.05, 0.1) is 0 Å². The fourth-order valence-electron chi connectivity index (χ4n) is 3.18. The minimum Gasteiger partial charge on any atom is -0.362 e. The van der Waals surface area contributed by atoms with E-state index >= 15 is 0 Å². The molecule has 2 amide bonds. The average Bonchev–Trinajstić information content (AvgIpc) is 3.13. The molecule has 152 valence electrons. The molecule has 1 aliphatic rings. The maximum Gasteiger partial charge on any atom is 0.260 e. The largest absolute Gasteiger partial charge is 0.362 e. The molecule has 6 nitrogen and oxygen atoms in total. The highest BCUT2D eigenvalue weighted by Crippen LogP contribution is 2.06. The van der Waals surface area contributed by atoms with Crippen molar-refractivity contribution in [2.75, 3.05) is 39.4 Å². The summed E-state index contributed by atoms with van der Waals surface area (Å²) in [5, 5.41) is 1.92. The molecule has 1 aliphatic heterocycles. The second-order valence-corrected chi connectivity index (χ2v) is 7.22. The van der Waals surface area contributed by atoms with Crippen molar-refractivity contribution in [1.29, 1.82) is 0 Å². The third-order valence-corrected chi connectivity index (χ3v) is 4.76. The maximum atomic E-state index is 12.5. The molecule has 1 heterocycles. The molecule has 0 aromatic rings. The summed E-state index contributed by atoms with van der Waals surface area (Å²) in [5.41, 5.74) is 2.82. The molecule has 1 N–H and O–H groups in total. The summed E-state index contributed by atoms with van der Waals surface area (Å²) in [6.07, 6.45) is 11.5. The van der Waals surface area contributed by atoms with Gasteiger partial charge in [0.1, 0.15) is 13.2 Å². The Kier molecular flexibility index (Phi) is 13.2. The number of unbranched alkanes of at least 4 members (excludes halogenated alkanes) is 6. The van der Waals surface area contributed by atoms with Gasteiger partial charge in [0, 0.05) is 26.2 Å². The number of carbonyl (C=O) groups excluding carboxylic acids is 2. The van der Waals surface area contributed by atoms with E-state index in [2.05, 4.69) is 19.3 Å². The SMILES string of the molecule is CCCCCCN(CCCCCC)C(=O)COCC(=O)NN1CCCC1. The van der Waals surface area contributed by atoms with Crippen LogP contribution in [0.25, 0.3) is 0 Å². The third kappa shape index (κ3) is 10.8. The first-order valence-corrected chi connectivity index (χ1v) is 10.6. The first-order valence-electron chi connectivity index (χ1n) is 10.6. The third-order valence-electron chi connectivity index (χ3n) is 4.76. The highest BCUT2D eigenvalue weighted by molar-refractivity contribution is 5.79. The van der Waals surface area contributed by atoms with Crippen LogP contribution in [0.15, 0.2) is 0 Å². The molecule has 1 saturated heterocycles. The van der Waals surface area contributed by atoms with E-state index in [0.29, 0.717) is 0 Å². The number of nitrogens with zero attached hydrogens (tertiary/aromatic N) is 2. The van der Waals surface area contributed by atoms with Gasteiger partial charge >= 0.3 is 0 Å². The maximum absolute atomic E-state index is 12.5. The summed E-state index contributed by atoms with van der Waals surface area (Å²) in [5.74, 6) is -0.163. The van der Waals surface area contributed by atoms with E-state index in [-0.39, 0.29) is 25.0 Å². The molecular weight excluding hydrogens is 330 g/mol. The first-order chi connectivity index (χ1) is 12.7. The summed E-state index contributed by atoms with van der Waals surface area (Å²) in [7, 11) is 0. The van der Waals surface area contributed by atoms with Crippen LogP contribution < -0.4 is 5.43 Å². The first kappa shape index (κ1) is 22.9. The van der Waals surface area contributed by atoms with Gasteiger partial charge in [-0.05, 0) is 25.7 Å². The van der Waals surface area contributed by atoms with Crippen LogP contribution in [0.5, 0.6) is 0 Å². The van der Waals surface area contributed by atoms with E-state index in [0.717, 1.165) is 64.7 Å². The minimum atomic E-state index is -0.169. The second kappa shape index (κ2) is 15.0. The lowest BCUT2D eigenvalue weighted by Crippen LogP contribution is -2.42. The van der Waals surface area contributed by atoms with E-state index < -0.39 is 0 Å². The predicted molar refractivity (Wildman–Crippen MR) is 105 cm³/mol. The lowest BCUT2D eigenvalue weighted by molar-refractivity contribution is -0.139. The Hall–Kier alpha value is -1.14. The van der Waals surface area contributed by atoms with Gasteiger partial charge in [0.2, 0.25) is 5.91 Å². The fraction of sp³-hybridized carbons (Fsp3) is 0.900. The van der Waals surface area contributed by atoms with Crippen LogP contribution in [0.4, 0.5) is 0 Å². The highest BCUT2D eigenvalue weighted by Gasteiger charge is 2.16. The number of rotatable bonds is 15. The zero-order valence-corrected chi connectivity index (χ0v) is 16.9. The summed E-state index contributed by atoms with van der Waals surface area (Å²) in [6, 6.07) is 0. The van der Waals surface area contributed by atoms with Gasteiger partial charge in [-0.2, -0.15) is 0 Å². The Morgan fingerprint density at radius 1 is 0.885 bits per heavy atom. The number of ether oxygens (including phenoxy) is 1. The van der Waals surface area contributed by atoms with Crippen molar-refractivity contribution in [2.24, 2.45) is 0 Å². The van der Waals surface area contributed by atoms with Crippen LogP contribution in [0, 0.1) is 0 Å². The van der Waals surface area contributed by atoms with Crippen molar-refractivity contribution in [3.05, 3.63) is 0 Å². The Labute approximate surface area is 159 Å². The average molecular weight is 370 g/mol.